The van der Waals surface area contributed by atoms with Crippen molar-refractivity contribution in [2.24, 2.45) is 5.92 Å². The van der Waals surface area contributed by atoms with E-state index in [1.807, 2.05) is 0 Å². The van der Waals surface area contributed by atoms with E-state index in [-0.39, 0.29) is 17.9 Å². The van der Waals surface area contributed by atoms with Crippen LogP contribution in [0.25, 0.3) is 0 Å². The Morgan fingerprint density at radius 3 is 2.67 bits per heavy atom. The molecule has 0 spiro atoms. The molecule has 104 valence electrons. The highest BCUT2D eigenvalue weighted by molar-refractivity contribution is 5.76. The van der Waals surface area contributed by atoms with Crippen LogP contribution in [0.2, 0.25) is 0 Å². The number of nitrogens with one attached hydrogen (secondary N) is 1. The van der Waals surface area contributed by atoms with Crippen LogP contribution in [0.5, 0.6) is 0 Å². The average molecular weight is 255 g/mol. The van der Waals surface area contributed by atoms with Gasteiger partial charge in [-0.1, -0.05) is 32.6 Å². The molecule has 0 saturated heterocycles. The first-order valence-electron chi connectivity index (χ1n) is 7.15. The lowest BCUT2D eigenvalue weighted by Gasteiger charge is -2.27. The number of hydrogen-bond donors (Lipinski definition) is 2. The molecule has 18 heavy (non-hydrogen) atoms. The first-order valence-corrected chi connectivity index (χ1v) is 7.15. The molecular formula is C14H25NO3. The third kappa shape index (κ3) is 5.52. The summed E-state index contributed by atoms with van der Waals surface area (Å²) in [6.45, 7) is 2.15. The fourth-order valence-electron chi connectivity index (χ4n) is 2.56. The Labute approximate surface area is 109 Å². The minimum Gasteiger partial charge on any atom is -0.481 e. The van der Waals surface area contributed by atoms with E-state index in [9.17, 15) is 9.59 Å². The van der Waals surface area contributed by atoms with Gasteiger partial charge < -0.3 is 10.4 Å². The summed E-state index contributed by atoms with van der Waals surface area (Å²) in [6.07, 6.45) is 8.13. The van der Waals surface area contributed by atoms with Crippen molar-refractivity contribution in [2.75, 3.05) is 0 Å². The predicted molar refractivity (Wildman–Crippen MR) is 70.3 cm³/mol. The zero-order valence-corrected chi connectivity index (χ0v) is 11.3. The number of carboxylic acid groups (broad SMARTS) is 1. The van der Waals surface area contributed by atoms with Gasteiger partial charge in [0.1, 0.15) is 0 Å². The van der Waals surface area contributed by atoms with Gasteiger partial charge in [0.05, 0.1) is 5.92 Å². The van der Waals surface area contributed by atoms with Crippen molar-refractivity contribution >= 4 is 11.9 Å². The van der Waals surface area contributed by atoms with E-state index >= 15 is 0 Å². The van der Waals surface area contributed by atoms with E-state index in [1.54, 1.807) is 0 Å². The van der Waals surface area contributed by atoms with Crippen molar-refractivity contribution in [3.8, 4) is 0 Å². The molecule has 4 nitrogen and oxygen atoms in total. The van der Waals surface area contributed by atoms with Gasteiger partial charge in [-0.25, -0.2) is 0 Å². The van der Waals surface area contributed by atoms with Crippen molar-refractivity contribution in [3.05, 3.63) is 0 Å². The van der Waals surface area contributed by atoms with E-state index in [0.717, 1.165) is 32.1 Å². The summed E-state index contributed by atoms with van der Waals surface area (Å²) in [5.74, 6) is -0.914. The maximum Gasteiger partial charge on any atom is 0.306 e. The van der Waals surface area contributed by atoms with Crippen LogP contribution in [0.15, 0.2) is 0 Å². The molecule has 2 atom stereocenters. The van der Waals surface area contributed by atoms with Gasteiger partial charge in [-0.15, -0.1) is 0 Å². The van der Waals surface area contributed by atoms with Crippen molar-refractivity contribution in [1.29, 1.82) is 0 Å². The third-order valence-corrected chi connectivity index (χ3v) is 3.65. The Hall–Kier alpha value is -1.06. The molecule has 1 amide bonds. The van der Waals surface area contributed by atoms with Gasteiger partial charge >= 0.3 is 5.97 Å². The molecule has 1 fully saturated rings. The Kier molecular flexibility index (Phi) is 6.76. The summed E-state index contributed by atoms with van der Waals surface area (Å²) in [7, 11) is 0. The van der Waals surface area contributed by atoms with Gasteiger partial charge in [-0.2, -0.15) is 0 Å². The Morgan fingerprint density at radius 1 is 1.22 bits per heavy atom. The lowest BCUT2D eigenvalue weighted by atomic mass is 9.86. The summed E-state index contributed by atoms with van der Waals surface area (Å²) in [6, 6.07) is 0.0681. The summed E-state index contributed by atoms with van der Waals surface area (Å²) >= 11 is 0. The van der Waals surface area contributed by atoms with E-state index in [1.165, 1.54) is 12.8 Å². The number of carboxylic acids is 1. The number of rotatable bonds is 7. The third-order valence-electron chi connectivity index (χ3n) is 3.65. The van der Waals surface area contributed by atoms with E-state index in [0.29, 0.717) is 12.8 Å². The smallest absolute Gasteiger partial charge is 0.306 e. The Balaban J connectivity index is 2.20. The largest absolute Gasteiger partial charge is 0.481 e. The maximum atomic E-state index is 11.7. The average Bonchev–Trinajstić information content (AvgIpc) is 2.35. The molecular weight excluding hydrogens is 230 g/mol. The first kappa shape index (κ1) is 15.0. The Bertz CT molecular complexity index is 278. The molecule has 4 heteroatoms. The van der Waals surface area contributed by atoms with Gasteiger partial charge in [0.15, 0.2) is 0 Å². The molecule has 1 rings (SSSR count). The predicted octanol–water partition coefficient (Wildman–Crippen LogP) is 2.72. The second-order valence-electron chi connectivity index (χ2n) is 5.28. The van der Waals surface area contributed by atoms with Gasteiger partial charge in [-0.05, 0) is 25.7 Å². The lowest BCUT2D eigenvalue weighted by molar-refractivity contribution is -0.143. The second-order valence-corrected chi connectivity index (χ2v) is 5.28. The van der Waals surface area contributed by atoms with Crippen LogP contribution in [-0.4, -0.2) is 23.0 Å². The number of carbonyl (C=O) groups is 2. The quantitative estimate of drug-likeness (QED) is 0.687. The van der Waals surface area contributed by atoms with Crippen LogP contribution < -0.4 is 5.32 Å². The number of hydrogen-bond acceptors (Lipinski definition) is 2. The SMILES string of the molecule is CCCCCCC(=O)NC1CCCC(C(=O)O)C1. The topological polar surface area (TPSA) is 66.4 Å². The minimum atomic E-state index is -0.725. The molecule has 0 bridgehead atoms. The van der Waals surface area contributed by atoms with Crippen LogP contribution in [0, 0.1) is 5.92 Å². The van der Waals surface area contributed by atoms with Crippen molar-refractivity contribution < 1.29 is 14.7 Å². The zero-order valence-electron chi connectivity index (χ0n) is 11.3. The molecule has 0 heterocycles. The second kappa shape index (κ2) is 8.11. The highest BCUT2D eigenvalue weighted by atomic mass is 16.4. The highest BCUT2D eigenvalue weighted by Crippen LogP contribution is 2.24. The molecule has 2 unspecified atom stereocenters. The van der Waals surface area contributed by atoms with Crippen LogP contribution in [0.4, 0.5) is 0 Å². The van der Waals surface area contributed by atoms with Crippen LogP contribution >= 0.6 is 0 Å². The first-order chi connectivity index (χ1) is 8.63. The van der Waals surface area contributed by atoms with Crippen molar-refractivity contribution in [1.82, 2.24) is 5.32 Å². The van der Waals surface area contributed by atoms with Gasteiger partial charge in [0.25, 0.3) is 0 Å². The minimum absolute atomic E-state index is 0.0681. The molecule has 0 aromatic rings. The Morgan fingerprint density at radius 2 is 2.00 bits per heavy atom. The number of unbranched alkanes of at least 4 members (excludes halogenated alkanes) is 3. The molecule has 1 aliphatic rings. The molecule has 0 aromatic carbocycles. The van der Waals surface area contributed by atoms with Crippen LogP contribution in [0.1, 0.15) is 64.7 Å². The molecule has 0 radical (unpaired) electrons. The van der Waals surface area contributed by atoms with Gasteiger partial charge in [0, 0.05) is 12.5 Å². The van der Waals surface area contributed by atoms with Crippen molar-refractivity contribution in [2.45, 2.75) is 70.8 Å². The van der Waals surface area contributed by atoms with Gasteiger partial charge in [0.2, 0.25) is 5.91 Å². The van der Waals surface area contributed by atoms with Crippen LogP contribution in [-0.2, 0) is 9.59 Å². The fraction of sp³-hybridized carbons (Fsp3) is 0.857. The number of aliphatic carboxylic acids is 1. The summed E-state index contributed by atoms with van der Waals surface area (Å²) < 4.78 is 0. The van der Waals surface area contributed by atoms with Crippen molar-refractivity contribution in [3.63, 3.8) is 0 Å². The standard InChI is InChI=1S/C14H25NO3/c1-2-3-4-5-9-13(16)15-12-8-6-7-11(10-12)14(17)18/h11-12H,2-10H2,1H3,(H,15,16)(H,17,18). The zero-order chi connectivity index (χ0) is 13.4. The summed E-state index contributed by atoms with van der Waals surface area (Å²) in [5.41, 5.74) is 0. The van der Waals surface area contributed by atoms with E-state index in [2.05, 4.69) is 12.2 Å². The summed E-state index contributed by atoms with van der Waals surface area (Å²) in [4.78, 5) is 22.6. The molecule has 1 saturated carbocycles. The van der Waals surface area contributed by atoms with Crippen LogP contribution in [0.3, 0.4) is 0 Å². The van der Waals surface area contributed by atoms with Gasteiger partial charge in [-0.3, -0.25) is 9.59 Å². The normalized spacial score (nSPS) is 23.6. The molecule has 1 aliphatic carbocycles. The molecule has 0 aliphatic heterocycles. The van der Waals surface area contributed by atoms with E-state index in [4.69, 9.17) is 5.11 Å². The fourth-order valence-corrected chi connectivity index (χ4v) is 2.56. The highest BCUT2D eigenvalue weighted by Gasteiger charge is 2.27. The molecule has 0 aromatic heterocycles. The lowest BCUT2D eigenvalue weighted by Crippen LogP contribution is -2.39. The number of amides is 1. The molecule has 2 N–H and O–H groups in total. The number of carbonyl (C=O) groups excluding carboxylic acids is 1. The monoisotopic (exact) mass is 255 g/mol. The maximum absolute atomic E-state index is 11.7. The summed E-state index contributed by atoms with van der Waals surface area (Å²) in [5, 5.41) is 12.0. The van der Waals surface area contributed by atoms with E-state index < -0.39 is 5.97 Å².